The summed E-state index contributed by atoms with van der Waals surface area (Å²) < 4.78 is 60.4. The van der Waals surface area contributed by atoms with Crippen LogP contribution in [-0.2, 0) is 9.53 Å². The summed E-state index contributed by atoms with van der Waals surface area (Å²) in [6.45, 7) is 25.5. The number of Topliss-reactive ketones (excluding diaryl/α,β-unsaturated/α-hetero) is 1. The van der Waals surface area contributed by atoms with Crippen LogP contribution in [0.3, 0.4) is 0 Å². The number of carboxylic acids is 1. The Morgan fingerprint density at radius 3 is 1.53 bits per heavy atom. The zero-order valence-corrected chi connectivity index (χ0v) is 49.7. The van der Waals surface area contributed by atoms with Crippen LogP contribution in [0.15, 0.2) is 127 Å². The molecule has 0 radical (unpaired) electrons. The smallest absolute Gasteiger partial charge is 0.490 e. The number of benzene rings is 6. The van der Waals surface area contributed by atoms with E-state index in [9.17, 15) is 32.3 Å². The fourth-order valence-electron chi connectivity index (χ4n) is 9.03. The van der Waals surface area contributed by atoms with Crippen LogP contribution in [0.4, 0.5) is 18.9 Å². The molecule has 0 saturated carbocycles. The van der Waals surface area contributed by atoms with Gasteiger partial charge in [-0.1, -0.05) is 67.6 Å². The quantitative estimate of drug-likeness (QED) is 0.0383. The minimum atomic E-state index is -5.08. The molecule has 4 N–H and O–H groups in total. The van der Waals surface area contributed by atoms with Crippen LogP contribution in [-0.4, -0.2) is 121 Å². The van der Waals surface area contributed by atoms with E-state index in [0.29, 0.717) is 94.7 Å². The maximum Gasteiger partial charge on any atom is 0.490 e. The van der Waals surface area contributed by atoms with Crippen molar-refractivity contribution in [1.29, 1.82) is 0 Å². The monoisotopic (exact) mass is 1150 g/mol. The van der Waals surface area contributed by atoms with Gasteiger partial charge in [0.2, 0.25) is 5.91 Å². The lowest BCUT2D eigenvalue weighted by Gasteiger charge is -2.30. The third-order valence-corrected chi connectivity index (χ3v) is 13.1. The van der Waals surface area contributed by atoms with Crippen molar-refractivity contribution >= 4 is 35.2 Å². The number of nitrogens with two attached hydrogens (primary N) is 1. The zero-order chi connectivity index (χ0) is 61.7. The van der Waals surface area contributed by atoms with Crippen molar-refractivity contribution in [2.75, 3.05) is 45.8 Å². The number of primary amides is 1. The number of nitrogens with zero attached hydrogens (tertiary/aromatic N) is 2. The molecule has 0 aromatic heterocycles. The van der Waals surface area contributed by atoms with E-state index in [1.54, 1.807) is 68.8 Å². The molecule has 6 aromatic rings. The van der Waals surface area contributed by atoms with Gasteiger partial charge in [-0.05, 0) is 158 Å². The number of hydrogen-bond donors (Lipinski definition) is 3. The first-order valence-electron chi connectivity index (χ1n) is 27.4. The van der Waals surface area contributed by atoms with Crippen LogP contribution >= 0.6 is 0 Å². The number of carbonyl (C=O) groups excluding carboxylic acids is 4. The van der Waals surface area contributed by atoms with Gasteiger partial charge in [-0.3, -0.25) is 24.2 Å². The molecule has 0 heterocycles. The van der Waals surface area contributed by atoms with Gasteiger partial charge < -0.3 is 39.8 Å². The Bertz CT molecular complexity index is 3090. The van der Waals surface area contributed by atoms with Crippen LogP contribution in [0.25, 0.3) is 33.4 Å². The van der Waals surface area contributed by atoms with E-state index in [1.807, 2.05) is 93.6 Å². The minimum absolute atomic E-state index is 0.0494. The Kier molecular flexibility index (Phi) is 25.8. The van der Waals surface area contributed by atoms with Gasteiger partial charge in [0.1, 0.15) is 13.2 Å². The topological polar surface area (TPSA) is 196 Å². The first kappa shape index (κ1) is 67.3. The zero-order valence-electron chi connectivity index (χ0n) is 49.7. The largest absolute Gasteiger partial charge is 0.493 e. The van der Waals surface area contributed by atoms with Gasteiger partial charge >= 0.3 is 18.1 Å². The van der Waals surface area contributed by atoms with Crippen molar-refractivity contribution in [1.82, 2.24) is 9.80 Å². The fourth-order valence-corrected chi connectivity index (χ4v) is 9.03. The number of anilines is 1. The van der Waals surface area contributed by atoms with Gasteiger partial charge in [0.25, 0.3) is 5.91 Å². The molecule has 0 unspecified atom stereocenters. The number of alkyl halides is 3. The Morgan fingerprint density at radius 1 is 0.566 bits per heavy atom. The first-order valence-corrected chi connectivity index (χ1v) is 27.4. The highest BCUT2D eigenvalue weighted by Gasteiger charge is 2.38. The average Bonchev–Trinajstić information content (AvgIpc) is 2.93. The van der Waals surface area contributed by atoms with Crippen molar-refractivity contribution in [2.24, 2.45) is 5.73 Å². The van der Waals surface area contributed by atoms with E-state index < -0.39 is 18.1 Å². The molecule has 0 saturated heterocycles. The Morgan fingerprint density at radius 2 is 1.05 bits per heavy atom. The summed E-state index contributed by atoms with van der Waals surface area (Å²) in [6.07, 6.45) is -4.89. The molecule has 0 spiro atoms. The van der Waals surface area contributed by atoms with Gasteiger partial charge in [0.05, 0.1) is 25.9 Å². The van der Waals surface area contributed by atoms with E-state index >= 15 is 0 Å². The van der Waals surface area contributed by atoms with Crippen molar-refractivity contribution in [3.63, 3.8) is 0 Å². The molecule has 446 valence electrons. The number of carboxylic acid groups (broad SMARTS) is 1. The fraction of sp³-hybridized carbons (Fsp3) is 0.369. The van der Waals surface area contributed by atoms with Crippen LogP contribution in [0.2, 0.25) is 0 Å². The summed E-state index contributed by atoms with van der Waals surface area (Å²) in [4.78, 5) is 63.4. The molecule has 6 aromatic carbocycles. The summed E-state index contributed by atoms with van der Waals surface area (Å²) in [5.41, 5.74) is 13.3. The lowest BCUT2D eigenvalue weighted by molar-refractivity contribution is -0.192. The summed E-state index contributed by atoms with van der Waals surface area (Å²) in [5.74, 6) is -1.34. The molecule has 0 atom stereocenters. The maximum atomic E-state index is 13.0. The molecule has 18 heteroatoms. The van der Waals surface area contributed by atoms with E-state index in [1.165, 1.54) is 0 Å². The molecule has 0 bridgehead atoms. The lowest BCUT2D eigenvalue weighted by atomic mass is 9.88. The molecule has 2 amide bonds. The number of halogens is 3. The number of hydrogen-bond acceptors (Lipinski definition) is 12. The normalized spacial score (nSPS) is 11.3. The first-order chi connectivity index (χ1) is 39.2. The molecule has 0 aliphatic carbocycles. The number of amides is 2. The van der Waals surface area contributed by atoms with E-state index in [0.717, 1.165) is 46.5 Å². The third-order valence-electron chi connectivity index (χ3n) is 13.1. The van der Waals surface area contributed by atoms with Gasteiger partial charge in [0.15, 0.2) is 28.8 Å². The van der Waals surface area contributed by atoms with Gasteiger partial charge in [0, 0.05) is 77.7 Å². The van der Waals surface area contributed by atoms with Crippen molar-refractivity contribution in [3.8, 4) is 56.4 Å². The van der Waals surface area contributed by atoms with Crippen LogP contribution < -0.4 is 30.0 Å². The maximum absolute atomic E-state index is 13.0. The van der Waals surface area contributed by atoms with Crippen molar-refractivity contribution < 1.29 is 65.9 Å². The highest BCUT2D eigenvalue weighted by Crippen LogP contribution is 2.40. The second kappa shape index (κ2) is 31.8. The van der Waals surface area contributed by atoms with Gasteiger partial charge in [-0.2, -0.15) is 13.2 Å². The average molecular weight is 1150 g/mol. The molecule has 15 nitrogen and oxygen atoms in total. The van der Waals surface area contributed by atoms with E-state index in [-0.39, 0.29) is 23.8 Å². The highest BCUT2D eigenvalue weighted by atomic mass is 19.4. The Labute approximate surface area is 485 Å². The predicted molar refractivity (Wildman–Crippen MR) is 319 cm³/mol. The second-order valence-electron chi connectivity index (χ2n) is 20.6. The highest BCUT2D eigenvalue weighted by molar-refractivity contribution is 6.06. The number of aliphatic carboxylic acids is 1. The number of nitrogens with one attached hydrogen (secondary N) is 1. The van der Waals surface area contributed by atoms with Crippen molar-refractivity contribution in [2.45, 2.75) is 119 Å². The summed E-state index contributed by atoms with van der Waals surface area (Å²) in [7, 11) is 3.22. The van der Waals surface area contributed by atoms with E-state index in [4.69, 9.17) is 39.3 Å². The number of rotatable bonds is 24. The molecule has 6 rings (SSSR count). The molecule has 0 fully saturated rings. The van der Waals surface area contributed by atoms with Crippen LogP contribution in [0.5, 0.6) is 23.0 Å². The SMILES string of the molecule is CCC(=O)c1cccc(-c2ccc(C(N)=O)cc2)c1-c1ccc(OC)c(OCCN(C(C)C)C(C)C)c1.COc1ccc(NC(=O)c2ccc(-c3cccc(C(=O)OC(C)C)c3)cc2)cc1OCCN(C(C)C)C(C)C.O=C(O)C(F)(F)F. The number of ketones is 1. The summed E-state index contributed by atoms with van der Waals surface area (Å²) in [6, 6.07) is 40.1. The van der Waals surface area contributed by atoms with Gasteiger partial charge in [-0.15, -0.1) is 0 Å². The lowest BCUT2D eigenvalue weighted by Crippen LogP contribution is -2.39. The van der Waals surface area contributed by atoms with Crippen molar-refractivity contribution in [3.05, 3.63) is 150 Å². The van der Waals surface area contributed by atoms with Gasteiger partial charge in [-0.25, -0.2) is 9.59 Å². The molecular weight excluding hydrogens is 1070 g/mol. The molecule has 0 aliphatic heterocycles. The summed E-state index contributed by atoms with van der Waals surface area (Å²) >= 11 is 0. The van der Waals surface area contributed by atoms with E-state index in [2.05, 4.69) is 70.5 Å². The second-order valence-corrected chi connectivity index (χ2v) is 20.6. The molecular formula is C65H79F3N4O11. The molecule has 0 aliphatic rings. The predicted octanol–water partition coefficient (Wildman–Crippen LogP) is 13.5. The number of methoxy groups -OCH3 is 2. The number of ether oxygens (including phenoxy) is 5. The standard InChI is InChI=1S/C32H40N2O5.C31H38N2O4.C2HF3O2/c1-21(2)34(22(3)4)17-18-38-30-20-28(15-16-29(30)37-7)33-31(35)25-13-11-24(12-14-25)26-9-8-10-27(19-26)32(36)39-23(5)6;1-7-27(34)26-10-8-9-25(22-11-13-23(14-12-22)31(32)35)30(26)24-15-16-28(36-6)29(19-24)37-18-17-33(20(2)3)21(4)5;3-2(4,5)1(6)7/h8-16,19-23H,17-18H2,1-7H3,(H,33,35);8-16,19-21H,7,17-18H2,1-6H3,(H2,32,35);(H,6,7). The number of esters is 1. The third kappa shape index (κ3) is 20.0. The summed E-state index contributed by atoms with van der Waals surface area (Å²) in [5, 5.41) is 10.1. The Balaban J connectivity index is 0.000000320. The van der Waals surface area contributed by atoms with Crippen LogP contribution in [0, 0.1) is 0 Å². The minimum Gasteiger partial charge on any atom is -0.493 e. The Hall–Kier alpha value is -8.22. The number of carbonyl (C=O) groups is 5. The molecule has 83 heavy (non-hydrogen) atoms. The van der Waals surface area contributed by atoms with Crippen LogP contribution in [0.1, 0.15) is 124 Å².